The summed E-state index contributed by atoms with van der Waals surface area (Å²) >= 11 is 6.84. The van der Waals surface area contributed by atoms with Crippen LogP contribution in [0.4, 0.5) is 0 Å². The molecule has 1 rings (SSSR count). The highest BCUT2D eigenvalue weighted by Crippen LogP contribution is 2.16. The topological polar surface area (TPSA) is 28.7 Å². The van der Waals surface area contributed by atoms with Crippen LogP contribution in [0.1, 0.15) is 12.6 Å². The van der Waals surface area contributed by atoms with Gasteiger partial charge in [-0.1, -0.05) is 22.9 Å². The van der Waals surface area contributed by atoms with Gasteiger partial charge in [-0.05, 0) is 15.9 Å². The molecule has 10 heavy (non-hydrogen) atoms. The summed E-state index contributed by atoms with van der Waals surface area (Å²) in [7, 11) is 0. The summed E-state index contributed by atoms with van der Waals surface area (Å²) in [5.41, 5.74) is 1.14. The molecule has 1 heterocycles. The quantitative estimate of drug-likeness (QED) is 0.820. The number of H-pyrrole nitrogens is 1. The Labute approximate surface area is 76.7 Å². The van der Waals surface area contributed by atoms with Crippen molar-refractivity contribution in [1.29, 1.82) is 0 Å². The van der Waals surface area contributed by atoms with Crippen molar-refractivity contribution in [2.24, 2.45) is 0 Å². The molecule has 1 atom stereocenters. The second-order valence-electron chi connectivity index (χ2n) is 2.18. The van der Waals surface area contributed by atoms with Crippen molar-refractivity contribution >= 4 is 31.9 Å². The average molecular weight is 268 g/mol. The van der Waals surface area contributed by atoms with Crippen LogP contribution in [0.5, 0.6) is 0 Å². The minimum atomic E-state index is 0.490. The van der Waals surface area contributed by atoms with Gasteiger partial charge in [0.25, 0.3) is 0 Å². The van der Waals surface area contributed by atoms with Gasteiger partial charge in [0, 0.05) is 11.2 Å². The highest BCUT2D eigenvalue weighted by atomic mass is 79.9. The number of rotatable bonds is 2. The Morgan fingerprint density at radius 3 is 2.90 bits per heavy atom. The molecule has 1 aromatic rings. The summed E-state index contributed by atoms with van der Waals surface area (Å²) in [6.45, 7) is 2.10. The maximum absolute atomic E-state index is 3.88. The highest BCUT2D eigenvalue weighted by Gasteiger charge is 2.04. The molecule has 0 aliphatic rings. The predicted octanol–water partition coefficient (Wildman–Crippen LogP) is 2.50. The van der Waals surface area contributed by atoms with Crippen molar-refractivity contribution in [3.05, 3.63) is 16.4 Å². The van der Waals surface area contributed by atoms with Crippen molar-refractivity contribution in [2.45, 2.75) is 18.2 Å². The monoisotopic (exact) mass is 266 g/mol. The first kappa shape index (κ1) is 8.27. The summed E-state index contributed by atoms with van der Waals surface area (Å²) in [6, 6.07) is 0. The van der Waals surface area contributed by atoms with E-state index in [0.717, 1.165) is 16.6 Å². The van der Waals surface area contributed by atoms with Crippen molar-refractivity contribution in [3.8, 4) is 0 Å². The summed E-state index contributed by atoms with van der Waals surface area (Å²) in [5.74, 6) is 0. The molecule has 0 saturated carbocycles. The number of nitrogens with zero attached hydrogens (tertiary/aromatic N) is 1. The molecule has 0 aliphatic carbocycles. The van der Waals surface area contributed by atoms with Crippen LogP contribution >= 0.6 is 31.9 Å². The van der Waals surface area contributed by atoms with Crippen LogP contribution in [0.2, 0.25) is 0 Å². The van der Waals surface area contributed by atoms with Crippen molar-refractivity contribution in [2.75, 3.05) is 0 Å². The van der Waals surface area contributed by atoms with E-state index in [1.165, 1.54) is 0 Å². The second-order valence-corrected chi connectivity index (χ2v) is 4.60. The van der Waals surface area contributed by atoms with E-state index >= 15 is 0 Å². The number of hydrogen-bond acceptors (Lipinski definition) is 1. The van der Waals surface area contributed by atoms with E-state index in [1.807, 2.05) is 0 Å². The van der Waals surface area contributed by atoms with E-state index in [0.29, 0.717) is 4.83 Å². The summed E-state index contributed by atoms with van der Waals surface area (Å²) < 4.78 is 1.05. The maximum atomic E-state index is 3.88. The Morgan fingerprint density at radius 2 is 2.50 bits per heavy atom. The lowest BCUT2D eigenvalue weighted by Crippen LogP contribution is -1.97. The van der Waals surface area contributed by atoms with Crippen LogP contribution in [-0.2, 0) is 6.42 Å². The fourth-order valence-electron chi connectivity index (χ4n) is 0.723. The lowest BCUT2D eigenvalue weighted by atomic mass is 10.3. The van der Waals surface area contributed by atoms with Gasteiger partial charge in [0.15, 0.2) is 0 Å². The average Bonchev–Trinajstić information content (AvgIpc) is 2.15. The molecule has 0 fully saturated rings. The Bertz CT molecular complexity index is 207. The first-order valence-corrected chi connectivity index (χ1v) is 4.73. The van der Waals surface area contributed by atoms with Gasteiger partial charge in [-0.2, -0.15) is 5.10 Å². The third-order valence-electron chi connectivity index (χ3n) is 1.15. The van der Waals surface area contributed by atoms with E-state index in [9.17, 15) is 0 Å². The van der Waals surface area contributed by atoms with Crippen LogP contribution in [0.3, 0.4) is 0 Å². The van der Waals surface area contributed by atoms with Gasteiger partial charge in [-0.3, -0.25) is 5.10 Å². The molecular weight excluding hydrogens is 260 g/mol. The van der Waals surface area contributed by atoms with Gasteiger partial charge in [-0.25, -0.2) is 0 Å². The minimum Gasteiger partial charge on any atom is -0.281 e. The van der Waals surface area contributed by atoms with Crippen LogP contribution in [-0.4, -0.2) is 15.0 Å². The lowest BCUT2D eigenvalue weighted by Gasteiger charge is -1.98. The van der Waals surface area contributed by atoms with Crippen molar-refractivity contribution in [1.82, 2.24) is 10.2 Å². The number of hydrogen-bond donors (Lipinski definition) is 1. The van der Waals surface area contributed by atoms with Crippen molar-refractivity contribution < 1.29 is 0 Å². The van der Waals surface area contributed by atoms with Crippen molar-refractivity contribution in [3.63, 3.8) is 0 Å². The molecule has 2 nitrogen and oxygen atoms in total. The zero-order chi connectivity index (χ0) is 7.56. The van der Waals surface area contributed by atoms with Gasteiger partial charge in [0.2, 0.25) is 0 Å². The molecule has 1 aromatic heterocycles. The largest absolute Gasteiger partial charge is 0.281 e. The molecule has 0 aromatic carbocycles. The van der Waals surface area contributed by atoms with E-state index in [2.05, 4.69) is 49.0 Å². The SMILES string of the molecule is CC(Br)Cc1[nH]ncc1Br. The number of aromatic amines is 1. The Hall–Kier alpha value is 0.170. The Kier molecular flexibility index (Phi) is 2.92. The molecule has 0 saturated heterocycles. The van der Waals surface area contributed by atoms with Gasteiger partial charge in [-0.15, -0.1) is 0 Å². The van der Waals surface area contributed by atoms with Crippen LogP contribution in [0.15, 0.2) is 10.7 Å². The zero-order valence-electron chi connectivity index (χ0n) is 5.56. The first-order valence-electron chi connectivity index (χ1n) is 3.02. The van der Waals surface area contributed by atoms with Gasteiger partial charge in [0.05, 0.1) is 16.4 Å². The Balaban J connectivity index is 2.65. The molecule has 0 bridgehead atoms. The molecular formula is C6H8Br2N2. The lowest BCUT2D eigenvalue weighted by molar-refractivity contribution is 0.890. The predicted molar refractivity (Wildman–Crippen MR) is 48.4 cm³/mol. The molecule has 1 N–H and O–H groups in total. The van der Waals surface area contributed by atoms with Crippen LogP contribution in [0.25, 0.3) is 0 Å². The molecule has 0 amide bonds. The van der Waals surface area contributed by atoms with E-state index in [1.54, 1.807) is 6.20 Å². The number of alkyl halides is 1. The minimum absolute atomic E-state index is 0.490. The third-order valence-corrected chi connectivity index (χ3v) is 2.16. The zero-order valence-corrected chi connectivity index (χ0v) is 8.74. The smallest absolute Gasteiger partial charge is 0.0632 e. The van der Waals surface area contributed by atoms with Gasteiger partial charge in [0.1, 0.15) is 0 Å². The molecule has 56 valence electrons. The van der Waals surface area contributed by atoms with Gasteiger partial charge >= 0.3 is 0 Å². The second kappa shape index (κ2) is 3.53. The molecule has 1 unspecified atom stereocenters. The third kappa shape index (κ3) is 2.09. The van der Waals surface area contributed by atoms with E-state index in [-0.39, 0.29) is 0 Å². The maximum Gasteiger partial charge on any atom is 0.0632 e. The number of nitrogens with one attached hydrogen (secondary N) is 1. The van der Waals surface area contributed by atoms with E-state index < -0.39 is 0 Å². The molecule has 4 heteroatoms. The summed E-state index contributed by atoms with van der Waals surface area (Å²) in [4.78, 5) is 0.490. The summed E-state index contributed by atoms with van der Waals surface area (Å²) in [6.07, 6.45) is 2.74. The molecule has 0 aliphatic heterocycles. The number of aromatic nitrogens is 2. The standard InChI is InChI=1S/C6H8Br2N2/c1-4(7)2-6-5(8)3-9-10-6/h3-4H,2H2,1H3,(H,9,10). The number of halogens is 2. The molecule has 0 spiro atoms. The fraction of sp³-hybridized carbons (Fsp3) is 0.500. The first-order chi connectivity index (χ1) is 4.70. The van der Waals surface area contributed by atoms with Crippen LogP contribution in [0, 0.1) is 0 Å². The van der Waals surface area contributed by atoms with Gasteiger partial charge < -0.3 is 0 Å². The van der Waals surface area contributed by atoms with Crippen LogP contribution < -0.4 is 0 Å². The fourth-order valence-corrected chi connectivity index (χ4v) is 1.40. The Morgan fingerprint density at radius 1 is 1.80 bits per heavy atom. The summed E-state index contributed by atoms with van der Waals surface area (Å²) in [5, 5.41) is 6.79. The normalized spacial score (nSPS) is 13.5. The van der Waals surface area contributed by atoms with E-state index in [4.69, 9.17) is 0 Å². The highest BCUT2D eigenvalue weighted by molar-refractivity contribution is 9.10. The molecule has 0 radical (unpaired) electrons.